The van der Waals surface area contributed by atoms with Crippen molar-refractivity contribution < 1.29 is 9.53 Å². The normalized spacial score (nSPS) is 10.8. The van der Waals surface area contributed by atoms with E-state index in [1.54, 1.807) is 18.9 Å². The minimum absolute atomic E-state index is 0.00234. The topological polar surface area (TPSA) is 51.2 Å². The molecule has 0 bridgehead atoms. The van der Waals surface area contributed by atoms with Crippen molar-refractivity contribution in [3.8, 4) is 5.75 Å². The largest absolute Gasteiger partial charge is 0.494 e. The van der Waals surface area contributed by atoms with Gasteiger partial charge in [0.1, 0.15) is 11.3 Å². The number of benzene rings is 2. The maximum absolute atomic E-state index is 12.1. The zero-order valence-electron chi connectivity index (χ0n) is 14.2. The molecular weight excluding hydrogens is 352 g/mol. The van der Waals surface area contributed by atoms with E-state index < -0.39 is 0 Å². The first-order valence-corrected chi connectivity index (χ1v) is 9.89. The molecule has 0 aliphatic rings. The van der Waals surface area contributed by atoms with Crippen molar-refractivity contribution >= 4 is 44.4 Å². The number of thioether (sulfide) groups is 1. The van der Waals surface area contributed by atoms with Gasteiger partial charge in [-0.1, -0.05) is 35.1 Å². The van der Waals surface area contributed by atoms with Gasteiger partial charge in [-0.15, -0.1) is 11.8 Å². The van der Waals surface area contributed by atoms with Crippen molar-refractivity contribution in [2.75, 3.05) is 18.2 Å². The highest BCUT2D eigenvalue weighted by Gasteiger charge is 2.10. The van der Waals surface area contributed by atoms with E-state index in [0.29, 0.717) is 11.6 Å². The average molecular weight is 373 g/mol. The van der Waals surface area contributed by atoms with Crippen molar-refractivity contribution in [2.45, 2.75) is 24.7 Å². The molecule has 0 saturated carbocycles. The van der Waals surface area contributed by atoms with E-state index >= 15 is 0 Å². The average Bonchev–Trinajstić information content (AvgIpc) is 3.02. The first-order valence-electron chi connectivity index (χ1n) is 8.08. The highest BCUT2D eigenvalue weighted by Crippen LogP contribution is 2.32. The Morgan fingerprint density at radius 2 is 2.04 bits per heavy atom. The molecule has 1 heterocycles. The molecule has 0 atom stereocenters. The van der Waals surface area contributed by atoms with Crippen LogP contribution in [0.2, 0.25) is 0 Å². The zero-order chi connectivity index (χ0) is 17.6. The summed E-state index contributed by atoms with van der Waals surface area (Å²) < 4.78 is 6.31. The lowest BCUT2D eigenvalue weighted by Crippen LogP contribution is -2.11. The minimum Gasteiger partial charge on any atom is -0.494 e. The molecule has 0 unspecified atom stereocenters. The summed E-state index contributed by atoms with van der Waals surface area (Å²) in [6.45, 7) is 2.08. The molecule has 1 amide bonds. The number of amides is 1. The van der Waals surface area contributed by atoms with Crippen LogP contribution in [0.1, 0.15) is 18.4 Å². The number of para-hydroxylation sites is 1. The number of hydrogen-bond donors (Lipinski definition) is 1. The van der Waals surface area contributed by atoms with Gasteiger partial charge in [-0.05, 0) is 43.4 Å². The summed E-state index contributed by atoms with van der Waals surface area (Å²) in [6.07, 6.45) is 1.32. The standard InChI is InChI=1S/C19H20N2O2S2/c1-13-8-10-14(11-9-13)24-12-4-7-17(22)20-19-21-18-15(23-2)5-3-6-16(18)25-19/h3,5-6,8-11H,4,7,12H2,1-2H3,(H,20,21,22). The molecule has 4 nitrogen and oxygen atoms in total. The molecule has 0 aliphatic carbocycles. The number of thiazole rings is 1. The van der Waals surface area contributed by atoms with Crippen molar-refractivity contribution in [1.29, 1.82) is 0 Å². The van der Waals surface area contributed by atoms with Gasteiger partial charge in [-0.25, -0.2) is 4.98 Å². The number of fused-ring (bicyclic) bond motifs is 1. The third-order valence-electron chi connectivity index (χ3n) is 3.69. The van der Waals surface area contributed by atoms with E-state index in [1.165, 1.54) is 21.8 Å². The Bertz CT molecular complexity index is 859. The Morgan fingerprint density at radius 3 is 2.80 bits per heavy atom. The quantitative estimate of drug-likeness (QED) is 0.462. The van der Waals surface area contributed by atoms with Crippen LogP contribution in [0.25, 0.3) is 10.2 Å². The molecule has 0 aliphatic heterocycles. The van der Waals surface area contributed by atoms with Gasteiger partial charge >= 0.3 is 0 Å². The highest BCUT2D eigenvalue weighted by atomic mass is 32.2. The summed E-state index contributed by atoms with van der Waals surface area (Å²) in [7, 11) is 1.62. The van der Waals surface area contributed by atoms with Gasteiger partial charge in [0.05, 0.1) is 11.8 Å². The molecule has 130 valence electrons. The summed E-state index contributed by atoms with van der Waals surface area (Å²) in [5.41, 5.74) is 2.05. The monoisotopic (exact) mass is 372 g/mol. The Balaban J connectivity index is 1.48. The molecule has 1 N–H and O–H groups in total. The molecule has 2 aromatic carbocycles. The molecular formula is C19H20N2O2S2. The predicted octanol–water partition coefficient (Wildman–Crippen LogP) is 5.12. The van der Waals surface area contributed by atoms with Crippen molar-refractivity contribution in [1.82, 2.24) is 4.98 Å². The van der Waals surface area contributed by atoms with Crippen molar-refractivity contribution in [2.24, 2.45) is 0 Å². The third kappa shape index (κ3) is 4.74. The number of methoxy groups -OCH3 is 1. The van der Waals surface area contributed by atoms with Crippen LogP contribution >= 0.6 is 23.1 Å². The van der Waals surface area contributed by atoms with Crippen LogP contribution in [0.3, 0.4) is 0 Å². The van der Waals surface area contributed by atoms with Crippen LogP contribution in [0.4, 0.5) is 5.13 Å². The van der Waals surface area contributed by atoms with Gasteiger partial charge in [0.2, 0.25) is 5.91 Å². The predicted molar refractivity (Wildman–Crippen MR) is 106 cm³/mol. The summed E-state index contributed by atoms with van der Waals surface area (Å²) in [6, 6.07) is 14.2. The van der Waals surface area contributed by atoms with Gasteiger partial charge in [0.25, 0.3) is 0 Å². The first-order chi connectivity index (χ1) is 12.2. The second kappa shape index (κ2) is 8.36. The van der Waals surface area contributed by atoms with E-state index in [-0.39, 0.29) is 5.91 Å². The molecule has 0 fully saturated rings. The summed E-state index contributed by atoms with van der Waals surface area (Å²) >= 11 is 3.24. The number of anilines is 1. The molecule has 0 saturated heterocycles. The summed E-state index contributed by atoms with van der Waals surface area (Å²) in [5.74, 6) is 1.65. The van der Waals surface area contributed by atoms with Crippen LogP contribution in [-0.2, 0) is 4.79 Å². The maximum Gasteiger partial charge on any atom is 0.226 e. The van der Waals surface area contributed by atoms with Gasteiger partial charge in [-0.2, -0.15) is 0 Å². The fraction of sp³-hybridized carbons (Fsp3) is 0.263. The lowest BCUT2D eigenvalue weighted by Gasteiger charge is -2.03. The van der Waals surface area contributed by atoms with E-state index in [2.05, 4.69) is 41.5 Å². The lowest BCUT2D eigenvalue weighted by molar-refractivity contribution is -0.116. The molecule has 6 heteroatoms. The maximum atomic E-state index is 12.1. The van der Waals surface area contributed by atoms with Crippen LogP contribution in [0.5, 0.6) is 5.75 Å². The second-order valence-electron chi connectivity index (χ2n) is 5.64. The number of rotatable bonds is 7. The molecule has 3 aromatic rings. The molecule has 3 rings (SSSR count). The van der Waals surface area contributed by atoms with Gasteiger partial charge < -0.3 is 10.1 Å². The Hall–Kier alpha value is -2.05. The Morgan fingerprint density at radius 1 is 1.24 bits per heavy atom. The van der Waals surface area contributed by atoms with Crippen LogP contribution in [0, 0.1) is 6.92 Å². The summed E-state index contributed by atoms with van der Waals surface area (Å²) in [4.78, 5) is 17.8. The van der Waals surface area contributed by atoms with E-state index in [4.69, 9.17) is 4.74 Å². The number of hydrogen-bond acceptors (Lipinski definition) is 5. The van der Waals surface area contributed by atoms with Crippen LogP contribution < -0.4 is 10.1 Å². The van der Waals surface area contributed by atoms with Crippen LogP contribution in [0.15, 0.2) is 47.4 Å². The zero-order valence-corrected chi connectivity index (χ0v) is 15.9. The fourth-order valence-electron chi connectivity index (χ4n) is 2.38. The molecule has 1 aromatic heterocycles. The number of nitrogens with one attached hydrogen (secondary N) is 1. The number of carbonyl (C=O) groups excluding carboxylic acids is 1. The van der Waals surface area contributed by atoms with Crippen molar-refractivity contribution in [3.63, 3.8) is 0 Å². The number of aryl methyl sites for hydroxylation is 1. The first kappa shape index (κ1) is 17.8. The fourth-order valence-corrected chi connectivity index (χ4v) is 4.13. The number of nitrogens with zero attached hydrogens (tertiary/aromatic N) is 1. The number of ether oxygens (including phenoxy) is 1. The lowest BCUT2D eigenvalue weighted by atomic mass is 10.2. The smallest absolute Gasteiger partial charge is 0.226 e. The molecule has 25 heavy (non-hydrogen) atoms. The molecule has 0 spiro atoms. The van der Waals surface area contributed by atoms with Crippen LogP contribution in [-0.4, -0.2) is 23.8 Å². The second-order valence-corrected chi connectivity index (χ2v) is 7.84. The number of aromatic nitrogens is 1. The Labute approximate surface area is 155 Å². The SMILES string of the molecule is COc1cccc2sc(NC(=O)CCCSc3ccc(C)cc3)nc12. The third-order valence-corrected chi connectivity index (χ3v) is 5.72. The summed E-state index contributed by atoms with van der Waals surface area (Å²) in [5, 5.41) is 3.51. The number of carbonyl (C=O) groups is 1. The highest BCUT2D eigenvalue weighted by molar-refractivity contribution is 7.99. The molecule has 0 radical (unpaired) electrons. The van der Waals surface area contributed by atoms with E-state index in [0.717, 1.165) is 28.1 Å². The Kier molecular flexibility index (Phi) is 5.94. The van der Waals surface area contributed by atoms with Gasteiger partial charge in [0, 0.05) is 11.3 Å². The van der Waals surface area contributed by atoms with E-state index in [9.17, 15) is 4.79 Å². The van der Waals surface area contributed by atoms with Gasteiger partial charge in [-0.3, -0.25) is 4.79 Å². The van der Waals surface area contributed by atoms with E-state index in [1.807, 2.05) is 18.2 Å². The van der Waals surface area contributed by atoms with Gasteiger partial charge in [0.15, 0.2) is 5.13 Å². The minimum atomic E-state index is 0.00234. The van der Waals surface area contributed by atoms with Crippen molar-refractivity contribution in [3.05, 3.63) is 48.0 Å².